The van der Waals surface area contributed by atoms with Gasteiger partial charge in [-0.15, -0.1) is 0 Å². The van der Waals surface area contributed by atoms with Crippen molar-refractivity contribution < 1.29 is 14.6 Å². The minimum Gasteiger partial charge on any atom is -0.391 e. The summed E-state index contributed by atoms with van der Waals surface area (Å²) < 4.78 is 5.70. The molecule has 2 aliphatic heterocycles. The minimum atomic E-state index is -0.821. The van der Waals surface area contributed by atoms with Crippen LogP contribution in [0, 0.1) is 11.3 Å². The van der Waals surface area contributed by atoms with Crippen LogP contribution in [0.15, 0.2) is 0 Å². The minimum absolute atomic E-state index is 0.00389. The lowest BCUT2D eigenvalue weighted by Gasteiger charge is -2.61. The molecule has 0 aromatic heterocycles. The molecule has 0 aromatic rings. The van der Waals surface area contributed by atoms with E-state index in [9.17, 15) is 9.90 Å². The average molecular weight is 254 g/mol. The van der Waals surface area contributed by atoms with E-state index in [2.05, 4.69) is 0 Å². The van der Waals surface area contributed by atoms with E-state index in [1.54, 1.807) is 4.90 Å². The van der Waals surface area contributed by atoms with Gasteiger partial charge < -0.3 is 20.5 Å². The molecule has 4 atom stereocenters. The van der Waals surface area contributed by atoms with E-state index >= 15 is 0 Å². The van der Waals surface area contributed by atoms with E-state index in [4.69, 9.17) is 10.5 Å². The molecular weight excluding hydrogens is 232 g/mol. The Balaban J connectivity index is 1.84. The number of nitrogens with zero attached hydrogens (tertiary/aromatic N) is 1. The van der Waals surface area contributed by atoms with Gasteiger partial charge in [-0.3, -0.25) is 4.79 Å². The maximum absolute atomic E-state index is 12.7. The highest BCUT2D eigenvalue weighted by molar-refractivity contribution is 5.90. The maximum Gasteiger partial charge on any atom is 0.243 e. The molecule has 3 N–H and O–H groups in total. The van der Waals surface area contributed by atoms with Crippen molar-refractivity contribution in [1.29, 1.82) is 0 Å². The van der Waals surface area contributed by atoms with Gasteiger partial charge in [0.15, 0.2) is 0 Å². The smallest absolute Gasteiger partial charge is 0.243 e. The first kappa shape index (κ1) is 12.4. The lowest BCUT2D eigenvalue weighted by atomic mass is 9.47. The van der Waals surface area contributed by atoms with Gasteiger partial charge in [-0.05, 0) is 12.8 Å². The SMILES string of the molecule is CC1(C)C2OCCC2C1(N)C(=O)N1CC[C@H](O)C1. The van der Waals surface area contributed by atoms with Crippen LogP contribution in [0.3, 0.4) is 0 Å². The standard InChI is InChI=1S/C13H22N2O3/c1-12(2)10-9(4-6-18-10)13(12,14)11(17)15-5-3-8(16)7-15/h8-10,16H,3-7,14H2,1-2H3/t8-,9?,10?,13?/m0/s1. The van der Waals surface area contributed by atoms with E-state index in [0.29, 0.717) is 26.1 Å². The quantitative estimate of drug-likeness (QED) is 0.675. The van der Waals surface area contributed by atoms with Crippen molar-refractivity contribution in [2.45, 2.75) is 44.4 Å². The van der Waals surface area contributed by atoms with Crippen LogP contribution < -0.4 is 5.73 Å². The Kier molecular flexibility index (Phi) is 2.53. The fourth-order valence-corrected chi connectivity index (χ4v) is 4.01. The van der Waals surface area contributed by atoms with Gasteiger partial charge in [-0.1, -0.05) is 13.8 Å². The Morgan fingerprint density at radius 1 is 1.44 bits per heavy atom. The zero-order chi connectivity index (χ0) is 13.1. The van der Waals surface area contributed by atoms with Crippen molar-refractivity contribution in [2.24, 2.45) is 17.1 Å². The van der Waals surface area contributed by atoms with Gasteiger partial charge in [0.25, 0.3) is 0 Å². The van der Waals surface area contributed by atoms with Gasteiger partial charge in [-0.2, -0.15) is 0 Å². The highest BCUT2D eigenvalue weighted by Gasteiger charge is 2.72. The summed E-state index contributed by atoms with van der Waals surface area (Å²) in [5.74, 6) is 0.133. The van der Waals surface area contributed by atoms with E-state index in [1.165, 1.54) is 0 Å². The number of aliphatic hydroxyl groups excluding tert-OH is 1. The predicted molar refractivity (Wildman–Crippen MR) is 65.8 cm³/mol. The molecule has 5 nitrogen and oxygen atoms in total. The normalized spacial score (nSPS) is 45.8. The third kappa shape index (κ3) is 1.30. The number of carbonyl (C=O) groups is 1. The number of nitrogens with two attached hydrogens (primary N) is 1. The number of rotatable bonds is 1. The first-order valence-corrected chi connectivity index (χ1v) is 6.77. The molecule has 1 saturated carbocycles. The summed E-state index contributed by atoms with van der Waals surface area (Å²) in [5.41, 5.74) is 5.34. The Morgan fingerprint density at radius 2 is 2.17 bits per heavy atom. The molecule has 2 saturated heterocycles. The molecule has 3 aliphatic rings. The second-order valence-electron chi connectivity index (χ2n) is 6.47. The van der Waals surface area contributed by atoms with Gasteiger partial charge in [0.1, 0.15) is 5.54 Å². The monoisotopic (exact) mass is 254 g/mol. The van der Waals surface area contributed by atoms with Crippen LogP contribution in [0.25, 0.3) is 0 Å². The van der Waals surface area contributed by atoms with Crippen LogP contribution in [0.2, 0.25) is 0 Å². The Morgan fingerprint density at radius 3 is 2.78 bits per heavy atom. The number of fused-ring (bicyclic) bond motifs is 1. The second-order valence-corrected chi connectivity index (χ2v) is 6.47. The van der Waals surface area contributed by atoms with Gasteiger partial charge in [-0.25, -0.2) is 0 Å². The van der Waals surface area contributed by atoms with Gasteiger partial charge in [0.05, 0.1) is 12.2 Å². The molecule has 0 radical (unpaired) electrons. The molecule has 1 aliphatic carbocycles. The number of β-amino-alcohol motifs (C(OH)–C–C–N with tert-alkyl or cyclic N) is 1. The van der Waals surface area contributed by atoms with Crippen LogP contribution in [0.1, 0.15) is 26.7 Å². The highest BCUT2D eigenvalue weighted by Crippen LogP contribution is 2.58. The summed E-state index contributed by atoms with van der Waals surface area (Å²) in [4.78, 5) is 14.4. The number of carbonyl (C=O) groups excluding carboxylic acids is 1. The molecule has 5 heteroatoms. The van der Waals surface area contributed by atoms with Crippen LogP contribution in [0.4, 0.5) is 0 Å². The van der Waals surface area contributed by atoms with E-state index in [1.807, 2.05) is 13.8 Å². The molecule has 0 aromatic carbocycles. The molecule has 102 valence electrons. The number of hydrogen-bond donors (Lipinski definition) is 2. The maximum atomic E-state index is 12.7. The van der Waals surface area contributed by atoms with Gasteiger partial charge >= 0.3 is 0 Å². The van der Waals surface area contributed by atoms with Crippen LogP contribution in [-0.4, -0.2) is 53.4 Å². The second kappa shape index (κ2) is 3.68. The largest absolute Gasteiger partial charge is 0.391 e. The molecule has 1 amide bonds. The molecule has 3 rings (SSSR count). The average Bonchev–Trinajstić information content (AvgIpc) is 2.94. The summed E-state index contributed by atoms with van der Waals surface area (Å²) >= 11 is 0. The predicted octanol–water partition coefficient (Wildman–Crippen LogP) is -0.278. The molecule has 3 fully saturated rings. The Labute approximate surface area is 107 Å². The van der Waals surface area contributed by atoms with Gasteiger partial charge in [0.2, 0.25) is 5.91 Å². The van der Waals surface area contributed by atoms with Gasteiger partial charge in [0, 0.05) is 31.0 Å². The number of hydrogen-bond acceptors (Lipinski definition) is 4. The molecular formula is C13H22N2O3. The zero-order valence-electron chi connectivity index (χ0n) is 11.1. The van der Waals surface area contributed by atoms with Crippen LogP contribution in [-0.2, 0) is 9.53 Å². The Hall–Kier alpha value is -0.650. The number of likely N-dealkylation sites (tertiary alicyclic amines) is 1. The molecule has 0 bridgehead atoms. The third-order valence-corrected chi connectivity index (χ3v) is 5.26. The van der Waals surface area contributed by atoms with Crippen molar-refractivity contribution >= 4 is 5.91 Å². The fraction of sp³-hybridized carbons (Fsp3) is 0.923. The van der Waals surface area contributed by atoms with E-state index in [0.717, 1.165) is 6.42 Å². The van der Waals surface area contributed by atoms with E-state index in [-0.39, 0.29) is 23.3 Å². The highest BCUT2D eigenvalue weighted by atomic mass is 16.5. The number of aliphatic hydroxyl groups is 1. The number of amides is 1. The molecule has 0 spiro atoms. The van der Waals surface area contributed by atoms with Crippen molar-refractivity contribution in [1.82, 2.24) is 4.90 Å². The van der Waals surface area contributed by atoms with Crippen molar-refractivity contribution in [3.05, 3.63) is 0 Å². The lowest BCUT2D eigenvalue weighted by Crippen LogP contribution is -2.80. The first-order chi connectivity index (χ1) is 8.39. The van der Waals surface area contributed by atoms with Crippen LogP contribution >= 0.6 is 0 Å². The summed E-state index contributed by atoms with van der Waals surface area (Å²) in [6.45, 7) is 5.78. The zero-order valence-corrected chi connectivity index (χ0v) is 11.1. The topological polar surface area (TPSA) is 75.8 Å². The summed E-state index contributed by atoms with van der Waals surface area (Å²) in [6, 6.07) is 0. The van der Waals surface area contributed by atoms with Crippen molar-refractivity contribution in [3.8, 4) is 0 Å². The molecule has 2 heterocycles. The summed E-state index contributed by atoms with van der Waals surface area (Å²) in [5, 5.41) is 9.56. The first-order valence-electron chi connectivity index (χ1n) is 6.77. The fourth-order valence-electron chi connectivity index (χ4n) is 4.01. The Bertz CT molecular complexity index is 384. The third-order valence-electron chi connectivity index (χ3n) is 5.26. The number of ether oxygens (including phenoxy) is 1. The van der Waals surface area contributed by atoms with E-state index < -0.39 is 11.6 Å². The summed E-state index contributed by atoms with van der Waals surface area (Å²) in [7, 11) is 0. The molecule has 3 unspecified atom stereocenters. The van der Waals surface area contributed by atoms with Crippen LogP contribution in [0.5, 0.6) is 0 Å². The molecule has 18 heavy (non-hydrogen) atoms. The lowest BCUT2D eigenvalue weighted by molar-refractivity contribution is -0.183. The van der Waals surface area contributed by atoms with Crippen molar-refractivity contribution in [2.75, 3.05) is 19.7 Å². The summed E-state index contributed by atoms with van der Waals surface area (Å²) in [6.07, 6.45) is 1.25. The van der Waals surface area contributed by atoms with Crippen molar-refractivity contribution in [3.63, 3.8) is 0 Å².